The van der Waals surface area contributed by atoms with Gasteiger partial charge < -0.3 is 9.30 Å². The Balaban J connectivity index is 1.66. The van der Waals surface area contributed by atoms with Gasteiger partial charge in [0.2, 0.25) is 10.0 Å². The number of hydrogen-bond acceptors (Lipinski definition) is 5. The van der Waals surface area contributed by atoms with E-state index in [0.717, 1.165) is 17.0 Å². The molecule has 29 heavy (non-hydrogen) atoms. The molecule has 0 unspecified atom stereocenters. The third-order valence-corrected chi connectivity index (χ3v) is 7.28. The van der Waals surface area contributed by atoms with Crippen LogP contribution in [0.25, 0.3) is 11.4 Å². The van der Waals surface area contributed by atoms with Gasteiger partial charge in [-0.05, 0) is 11.6 Å². The number of hydrogen-bond donors (Lipinski definition) is 0. The maximum Gasteiger partial charge on any atom is 0.214 e. The molecule has 3 aromatic rings. The third-order valence-electron chi connectivity index (χ3n) is 5.32. The Morgan fingerprint density at radius 2 is 1.97 bits per heavy atom. The van der Waals surface area contributed by atoms with E-state index in [9.17, 15) is 8.42 Å². The van der Waals surface area contributed by atoms with E-state index in [2.05, 4.69) is 20.7 Å². The Morgan fingerprint density at radius 1 is 1.14 bits per heavy atom. The van der Waals surface area contributed by atoms with Crippen LogP contribution >= 0.6 is 0 Å². The first kappa shape index (κ1) is 19.8. The molecule has 0 radical (unpaired) electrons. The molecule has 0 spiro atoms. The summed E-state index contributed by atoms with van der Waals surface area (Å²) in [6, 6.07) is 9.91. The molecule has 0 aliphatic carbocycles. The molecule has 8 nitrogen and oxygen atoms in total. The maximum atomic E-state index is 12.4. The molecule has 1 saturated heterocycles. The molecule has 4 rings (SSSR count). The summed E-state index contributed by atoms with van der Waals surface area (Å²) in [6.45, 7) is 1.53. The van der Waals surface area contributed by atoms with Gasteiger partial charge in [0.15, 0.2) is 0 Å². The van der Waals surface area contributed by atoms with Gasteiger partial charge in [-0.15, -0.1) is 0 Å². The van der Waals surface area contributed by atoms with Crippen LogP contribution in [0.3, 0.4) is 0 Å². The molecule has 0 N–H and O–H groups in total. The quantitative estimate of drug-likeness (QED) is 0.588. The van der Waals surface area contributed by atoms with E-state index in [1.165, 1.54) is 4.31 Å². The van der Waals surface area contributed by atoms with E-state index >= 15 is 0 Å². The molecule has 0 amide bonds. The smallest absolute Gasteiger partial charge is 0.214 e. The van der Waals surface area contributed by atoms with Crippen molar-refractivity contribution < 1.29 is 13.2 Å². The van der Waals surface area contributed by atoms with Crippen molar-refractivity contribution in [1.82, 2.24) is 23.6 Å². The van der Waals surface area contributed by atoms with Crippen molar-refractivity contribution in [2.45, 2.75) is 12.6 Å². The van der Waals surface area contributed by atoms with Crippen molar-refractivity contribution in [1.29, 1.82) is 0 Å². The molecule has 1 fully saturated rings. The van der Waals surface area contributed by atoms with E-state index in [4.69, 9.17) is 4.74 Å². The van der Waals surface area contributed by atoms with Crippen molar-refractivity contribution in [3.05, 3.63) is 60.7 Å². The summed E-state index contributed by atoms with van der Waals surface area (Å²) in [5.74, 6) is 0.737. The SMILES string of the molecule is CN(C)S(=O)(=O)C[C@H]1COC[C@H]1n1ccnc1-c1ccccc1Cn1cccn1. The van der Waals surface area contributed by atoms with Crippen LogP contribution < -0.4 is 0 Å². The maximum absolute atomic E-state index is 12.4. The average Bonchev–Trinajstić information content (AvgIpc) is 3.43. The summed E-state index contributed by atoms with van der Waals surface area (Å²) in [4.78, 5) is 4.60. The fraction of sp³-hybridized carbons (Fsp3) is 0.400. The zero-order valence-electron chi connectivity index (χ0n) is 16.5. The largest absolute Gasteiger partial charge is 0.379 e. The topological polar surface area (TPSA) is 82.3 Å². The van der Waals surface area contributed by atoms with Crippen LogP contribution in [-0.2, 0) is 21.3 Å². The number of benzene rings is 1. The highest BCUT2D eigenvalue weighted by Crippen LogP contribution is 2.33. The molecule has 1 aliphatic heterocycles. The summed E-state index contributed by atoms with van der Waals surface area (Å²) < 4.78 is 35.7. The first-order valence-corrected chi connectivity index (χ1v) is 11.1. The lowest BCUT2D eigenvalue weighted by Crippen LogP contribution is -2.32. The second kappa shape index (κ2) is 8.10. The van der Waals surface area contributed by atoms with E-state index in [1.54, 1.807) is 26.5 Å². The predicted octanol–water partition coefficient (Wildman–Crippen LogP) is 1.87. The highest BCUT2D eigenvalue weighted by atomic mass is 32.2. The van der Waals surface area contributed by atoms with Crippen molar-refractivity contribution in [2.75, 3.05) is 33.1 Å². The second-order valence-corrected chi connectivity index (χ2v) is 9.67. The van der Waals surface area contributed by atoms with Gasteiger partial charge in [-0.2, -0.15) is 5.10 Å². The molecule has 9 heteroatoms. The van der Waals surface area contributed by atoms with Gasteiger partial charge in [0.05, 0.1) is 31.6 Å². The first-order chi connectivity index (χ1) is 14.0. The summed E-state index contributed by atoms with van der Waals surface area (Å²) >= 11 is 0. The molecule has 1 aromatic carbocycles. The lowest BCUT2D eigenvalue weighted by Gasteiger charge is -2.23. The highest BCUT2D eigenvalue weighted by molar-refractivity contribution is 7.89. The Labute approximate surface area is 170 Å². The van der Waals surface area contributed by atoms with Gasteiger partial charge in [0, 0.05) is 50.4 Å². The van der Waals surface area contributed by atoms with Crippen LogP contribution in [0.5, 0.6) is 0 Å². The van der Waals surface area contributed by atoms with E-state index < -0.39 is 10.0 Å². The number of ether oxygens (including phenoxy) is 1. The number of imidazole rings is 1. The molecular formula is C20H25N5O3S. The molecule has 2 aromatic heterocycles. The normalized spacial score (nSPS) is 19.8. The highest BCUT2D eigenvalue weighted by Gasteiger charge is 2.35. The van der Waals surface area contributed by atoms with Crippen LogP contribution in [0.4, 0.5) is 0 Å². The molecule has 3 heterocycles. The number of rotatable bonds is 7. The Morgan fingerprint density at radius 3 is 2.72 bits per heavy atom. The van der Waals surface area contributed by atoms with E-state index in [0.29, 0.717) is 19.8 Å². The van der Waals surface area contributed by atoms with Crippen LogP contribution in [0.1, 0.15) is 11.6 Å². The van der Waals surface area contributed by atoms with Gasteiger partial charge in [0.1, 0.15) is 5.82 Å². The van der Waals surface area contributed by atoms with Gasteiger partial charge in [-0.25, -0.2) is 17.7 Å². The van der Waals surface area contributed by atoms with Crippen LogP contribution in [0, 0.1) is 5.92 Å². The summed E-state index contributed by atoms with van der Waals surface area (Å²) in [5.41, 5.74) is 2.11. The molecule has 2 atom stereocenters. The summed E-state index contributed by atoms with van der Waals surface area (Å²) in [6.07, 6.45) is 7.36. The van der Waals surface area contributed by atoms with Crippen LogP contribution in [-0.4, -0.2) is 65.1 Å². The van der Waals surface area contributed by atoms with Crippen molar-refractivity contribution in [3.8, 4) is 11.4 Å². The van der Waals surface area contributed by atoms with Crippen molar-refractivity contribution in [3.63, 3.8) is 0 Å². The molecular weight excluding hydrogens is 390 g/mol. The monoisotopic (exact) mass is 415 g/mol. The minimum absolute atomic E-state index is 0.0528. The van der Waals surface area contributed by atoms with Gasteiger partial charge in [-0.1, -0.05) is 24.3 Å². The van der Waals surface area contributed by atoms with E-state index in [1.807, 2.05) is 41.3 Å². The number of nitrogens with zero attached hydrogens (tertiary/aromatic N) is 5. The fourth-order valence-corrected chi connectivity index (χ4v) is 4.87. The van der Waals surface area contributed by atoms with Gasteiger partial charge >= 0.3 is 0 Å². The van der Waals surface area contributed by atoms with E-state index in [-0.39, 0.29) is 17.7 Å². The van der Waals surface area contributed by atoms with Crippen molar-refractivity contribution in [2.24, 2.45) is 5.92 Å². The molecule has 0 saturated carbocycles. The Kier molecular flexibility index (Phi) is 5.53. The summed E-state index contributed by atoms with van der Waals surface area (Å²) in [5, 5.41) is 4.30. The Hall–Kier alpha value is -2.49. The standard InChI is InChI=1S/C20H25N5O3S/c1-23(2)29(26,27)15-17-13-28-14-19(17)25-11-9-21-20(25)18-7-4-3-6-16(18)12-24-10-5-8-22-24/h3-11,17,19H,12-15H2,1-2H3/t17-,19-/m1/s1. The molecule has 0 bridgehead atoms. The zero-order chi connectivity index (χ0) is 20.4. The lowest BCUT2D eigenvalue weighted by molar-refractivity contribution is 0.182. The fourth-order valence-electron chi connectivity index (χ4n) is 3.71. The van der Waals surface area contributed by atoms with Gasteiger partial charge in [-0.3, -0.25) is 4.68 Å². The molecule has 154 valence electrons. The first-order valence-electron chi connectivity index (χ1n) is 9.52. The minimum atomic E-state index is -3.32. The predicted molar refractivity (Wildman–Crippen MR) is 110 cm³/mol. The number of aromatic nitrogens is 4. The van der Waals surface area contributed by atoms with Crippen LogP contribution in [0.2, 0.25) is 0 Å². The van der Waals surface area contributed by atoms with Crippen molar-refractivity contribution >= 4 is 10.0 Å². The molecule has 1 aliphatic rings. The average molecular weight is 416 g/mol. The second-order valence-electron chi connectivity index (χ2n) is 7.44. The number of sulfonamides is 1. The summed E-state index contributed by atoms with van der Waals surface area (Å²) in [7, 11) is -0.190. The third kappa shape index (κ3) is 4.12. The minimum Gasteiger partial charge on any atom is -0.379 e. The zero-order valence-corrected chi connectivity index (χ0v) is 17.4. The Bertz CT molecular complexity index is 1060. The lowest BCUT2D eigenvalue weighted by atomic mass is 10.0. The van der Waals surface area contributed by atoms with Crippen LogP contribution in [0.15, 0.2) is 55.1 Å². The van der Waals surface area contributed by atoms with Gasteiger partial charge in [0.25, 0.3) is 0 Å².